The molecule has 2 aromatic carbocycles. The van der Waals surface area contributed by atoms with Gasteiger partial charge in [0.1, 0.15) is 18.4 Å². The number of amides is 2. The van der Waals surface area contributed by atoms with E-state index in [1.165, 1.54) is 6.92 Å². The maximum atomic E-state index is 12.9. The molecule has 2 amide bonds. The lowest BCUT2D eigenvalue weighted by Gasteiger charge is -2.37. The van der Waals surface area contributed by atoms with E-state index in [4.69, 9.17) is 4.74 Å². The fourth-order valence-electron chi connectivity index (χ4n) is 4.04. The third-order valence-electron chi connectivity index (χ3n) is 5.46. The number of aliphatic hydroxyl groups excluding tert-OH is 1. The molecule has 1 aliphatic heterocycles. The van der Waals surface area contributed by atoms with Crippen molar-refractivity contribution in [2.24, 2.45) is 5.92 Å². The van der Waals surface area contributed by atoms with Crippen molar-refractivity contribution < 1.29 is 19.4 Å². The number of ether oxygens (including phenoxy) is 1. The Morgan fingerprint density at radius 1 is 1.29 bits per heavy atom. The van der Waals surface area contributed by atoms with E-state index in [9.17, 15) is 14.7 Å². The number of fused-ring (bicyclic) bond motifs is 1. The summed E-state index contributed by atoms with van der Waals surface area (Å²) < 4.78 is 6.09. The minimum Gasteiger partial charge on any atom is -0.487 e. The molecule has 1 aliphatic rings. The smallest absolute Gasteiger partial charge is 0.243 e. The van der Waals surface area contributed by atoms with Crippen LogP contribution in [0.15, 0.2) is 42.5 Å². The molecule has 1 heterocycles. The lowest BCUT2D eigenvalue weighted by Crippen LogP contribution is -2.54. The van der Waals surface area contributed by atoms with Crippen LogP contribution in [0.25, 0.3) is 0 Å². The second-order valence-electron chi connectivity index (χ2n) is 8.32. The van der Waals surface area contributed by atoms with E-state index in [-0.39, 0.29) is 24.3 Å². The van der Waals surface area contributed by atoms with E-state index in [0.29, 0.717) is 24.5 Å². The SMILES string of the molecule is CC(=O)Nc1cc2c(cc1OCc1ccccc1)N(C)[C@@H](C(C)C)C(=O)N[C@H](CO)C2. The van der Waals surface area contributed by atoms with E-state index in [0.717, 1.165) is 16.8 Å². The zero-order valence-corrected chi connectivity index (χ0v) is 18.5. The second kappa shape index (κ2) is 9.83. The van der Waals surface area contributed by atoms with Gasteiger partial charge in [0, 0.05) is 25.7 Å². The first-order valence-corrected chi connectivity index (χ1v) is 10.6. The molecule has 0 unspecified atom stereocenters. The maximum Gasteiger partial charge on any atom is 0.243 e. The standard InChI is InChI=1S/C24H31N3O4/c1-15(2)23-24(30)26-19(13-28)10-18-11-20(25-16(3)29)22(12-21(18)27(23)4)31-14-17-8-6-5-7-9-17/h5-9,11-12,15,19,23,28H,10,13-14H2,1-4H3,(H,25,29)(H,26,30)/t19-,23-/m0/s1. The van der Waals surface area contributed by atoms with Crippen LogP contribution < -0.4 is 20.3 Å². The normalized spacial score (nSPS) is 18.6. The number of carbonyl (C=O) groups excluding carboxylic acids is 2. The Morgan fingerprint density at radius 2 is 2.00 bits per heavy atom. The van der Waals surface area contributed by atoms with Crippen molar-refractivity contribution in [3.8, 4) is 5.75 Å². The molecule has 0 radical (unpaired) electrons. The van der Waals surface area contributed by atoms with E-state index in [1.807, 2.05) is 68.3 Å². The van der Waals surface area contributed by atoms with Crippen molar-refractivity contribution in [3.05, 3.63) is 53.6 Å². The summed E-state index contributed by atoms with van der Waals surface area (Å²) in [7, 11) is 1.89. The lowest BCUT2D eigenvalue weighted by atomic mass is 9.94. The third-order valence-corrected chi connectivity index (χ3v) is 5.46. The van der Waals surface area contributed by atoms with Crippen LogP contribution in [0.4, 0.5) is 11.4 Å². The number of carbonyl (C=O) groups is 2. The number of nitrogens with zero attached hydrogens (tertiary/aromatic N) is 1. The molecule has 0 saturated heterocycles. The molecule has 0 aromatic heterocycles. The van der Waals surface area contributed by atoms with Gasteiger partial charge in [0.15, 0.2) is 0 Å². The van der Waals surface area contributed by atoms with Gasteiger partial charge in [-0.25, -0.2) is 0 Å². The van der Waals surface area contributed by atoms with Crippen molar-refractivity contribution in [1.29, 1.82) is 0 Å². The molecule has 0 bridgehead atoms. The number of anilines is 2. The van der Waals surface area contributed by atoms with Gasteiger partial charge in [0.2, 0.25) is 11.8 Å². The summed E-state index contributed by atoms with van der Waals surface area (Å²) in [5.74, 6) is 0.281. The van der Waals surface area contributed by atoms with E-state index < -0.39 is 12.1 Å². The summed E-state index contributed by atoms with van der Waals surface area (Å²) in [5.41, 5.74) is 3.35. The number of rotatable bonds is 6. The van der Waals surface area contributed by atoms with Gasteiger partial charge in [-0.15, -0.1) is 0 Å². The molecule has 3 rings (SSSR count). The van der Waals surface area contributed by atoms with Gasteiger partial charge < -0.3 is 25.4 Å². The lowest BCUT2D eigenvalue weighted by molar-refractivity contribution is -0.124. The van der Waals surface area contributed by atoms with Crippen LogP contribution in [0, 0.1) is 5.92 Å². The molecule has 7 heteroatoms. The average molecular weight is 426 g/mol. The van der Waals surface area contributed by atoms with Crippen molar-refractivity contribution in [1.82, 2.24) is 5.32 Å². The highest BCUT2D eigenvalue weighted by atomic mass is 16.5. The highest BCUT2D eigenvalue weighted by molar-refractivity contribution is 5.92. The van der Waals surface area contributed by atoms with Crippen LogP contribution in [-0.2, 0) is 22.6 Å². The van der Waals surface area contributed by atoms with Gasteiger partial charge in [-0.05, 0) is 29.5 Å². The highest BCUT2D eigenvalue weighted by Crippen LogP contribution is 2.37. The van der Waals surface area contributed by atoms with Crippen LogP contribution in [-0.4, -0.2) is 42.7 Å². The van der Waals surface area contributed by atoms with Gasteiger partial charge in [-0.3, -0.25) is 9.59 Å². The Labute approximate surface area is 183 Å². The van der Waals surface area contributed by atoms with Crippen LogP contribution >= 0.6 is 0 Å². The number of likely N-dealkylation sites (N-methyl/N-ethyl adjacent to an activating group) is 1. The van der Waals surface area contributed by atoms with E-state index in [1.54, 1.807) is 0 Å². The molecule has 31 heavy (non-hydrogen) atoms. The van der Waals surface area contributed by atoms with Crippen LogP contribution in [0.5, 0.6) is 5.75 Å². The molecule has 0 spiro atoms. The molecule has 166 valence electrons. The monoisotopic (exact) mass is 425 g/mol. The number of nitrogens with one attached hydrogen (secondary N) is 2. The largest absolute Gasteiger partial charge is 0.487 e. The maximum absolute atomic E-state index is 12.9. The van der Waals surface area contributed by atoms with Crippen molar-refractivity contribution in [3.63, 3.8) is 0 Å². The van der Waals surface area contributed by atoms with Crippen LogP contribution in [0.1, 0.15) is 31.9 Å². The molecule has 3 N–H and O–H groups in total. The molecular weight excluding hydrogens is 394 g/mol. The van der Waals surface area contributed by atoms with Gasteiger partial charge in [-0.1, -0.05) is 44.2 Å². The molecule has 0 fully saturated rings. The van der Waals surface area contributed by atoms with Gasteiger partial charge in [0.25, 0.3) is 0 Å². The number of benzene rings is 2. The van der Waals surface area contributed by atoms with Crippen molar-refractivity contribution in [2.75, 3.05) is 23.9 Å². The first kappa shape index (κ1) is 22.6. The third kappa shape index (κ3) is 5.35. The first-order chi connectivity index (χ1) is 14.8. The highest BCUT2D eigenvalue weighted by Gasteiger charge is 2.33. The molecule has 0 aliphatic carbocycles. The number of hydrogen-bond acceptors (Lipinski definition) is 5. The molecule has 0 saturated carbocycles. The Kier molecular flexibility index (Phi) is 7.17. The van der Waals surface area contributed by atoms with Gasteiger partial charge in [-0.2, -0.15) is 0 Å². The minimum atomic E-state index is -0.401. The summed E-state index contributed by atoms with van der Waals surface area (Å²) >= 11 is 0. The molecule has 7 nitrogen and oxygen atoms in total. The fraction of sp³-hybridized carbons (Fsp3) is 0.417. The summed E-state index contributed by atoms with van der Waals surface area (Å²) in [6, 6.07) is 12.7. The Balaban J connectivity index is 2.05. The van der Waals surface area contributed by atoms with E-state index >= 15 is 0 Å². The number of aliphatic hydroxyl groups is 1. The molecule has 2 atom stereocenters. The van der Waals surface area contributed by atoms with Crippen molar-refractivity contribution in [2.45, 2.75) is 45.9 Å². The predicted octanol–water partition coefficient (Wildman–Crippen LogP) is 2.72. The molecular formula is C24H31N3O4. The Hall–Kier alpha value is -3.06. The zero-order chi connectivity index (χ0) is 22.5. The second-order valence-corrected chi connectivity index (χ2v) is 8.32. The minimum absolute atomic E-state index is 0.0546. The first-order valence-electron chi connectivity index (χ1n) is 10.6. The summed E-state index contributed by atoms with van der Waals surface area (Å²) in [6.45, 7) is 5.63. The summed E-state index contributed by atoms with van der Waals surface area (Å²) in [6.07, 6.45) is 0.443. The topological polar surface area (TPSA) is 90.9 Å². The summed E-state index contributed by atoms with van der Waals surface area (Å²) in [4.78, 5) is 26.6. The Morgan fingerprint density at radius 3 is 2.61 bits per heavy atom. The number of hydrogen-bond donors (Lipinski definition) is 3. The molecule has 2 aromatic rings. The quantitative estimate of drug-likeness (QED) is 0.662. The average Bonchev–Trinajstić information content (AvgIpc) is 2.71. The van der Waals surface area contributed by atoms with Gasteiger partial charge in [0.05, 0.1) is 18.3 Å². The fourth-order valence-corrected chi connectivity index (χ4v) is 4.04. The predicted molar refractivity (Wildman–Crippen MR) is 121 cm³/mol. The van der Waals surface area contributed by atoms with Crippen LogP contribution in [0.3, 0.4) is 0 Å². The van der Waals surface area contributed by atoms with Gasteiger partial charge >= 0.3 is 0 Å². The van der Waals surface area contributed by atoms with Crippen LogP contribution in [0.2, 0.25) is 0 Å². The summed E-state index contributed by atoms with van der Waals surface area (Å²) in [5, 5.41) is 15.6. The zero-order valence-electron chi connectivity index (χ0n) is 18.5. The van der Waals surface area contributed by atoms with Crippen molar-refractivity contribution >= 4 is 23.2 Å². The Bertz CT molecular complexity index is 930. The van der Waals surface area contributed by atoms with E-state index in [2.05, 4.69) is 10.6 Å².